The summed E-state index contributed by atoms with van der Waals surface area (Å²) in [6, 6.07) is 6.57. The van der Waals surface area contributed by atoms with E-state index in [4.69, 9.17) is 4.74 Å². The fourth-order valence-corrected chi connectivity index (χ4v) is 3.32. The Bertz CT molecular complexity index is 402. The maximum Gasteiger partial charge on any atom is 0.119 e. The number of likely N-dealkylation sites (tertiary alicyclic amines) is 1. The minimum absolute atomic E-state index is 0.865. The molecule has 0 amide bonds. The van der Waals surface area contributed by atoms with Crippen molar-refractivity contribution in [2.75, 3.05) is 27.2 Å². The van der Waals surface area contributed by atoms with Gasteiger partial charge in [0.15, 0.2) is 0 Å². The molecule has 3 rings (SSSR count). The highest BCUT2D eigenvalue weighted by Gasteiger charge is 2.34. The van der Waals surface area contributed by atoms with E-state index in [2.05, 4.69) is 30.1 Å². The lowest BCUT2D eigenvalue weighted by Crippen LogP contribution is -2.23. The van der Waals surface area contributed by atoms with Crippen molar-refractivity contribution in [1.82, 2.24) is 4.90 Å². The van der Waals surface area contributed by atoms with Crippen LogP contribution >= 0.6 is 0 Å². The highest BCUT2D eigenvalue weighted by molar-refractivity contribution is 5.38. The molecule has 1 heterocycles. The molecule has 0 bridgehead atoms. The van der Waals surface area contributed by atoms with Crippen LogP contribution in [0.3, 0.4) is 0 Å². The standard InChI is InChI=1S/C14H19NO/c1-15-8-12-5-10-3-4-14(16-2)7-11(10)6-13(12)9-15/h3-4,7,12-13H,5-6,8-9H2,1-2H3. The predicted octanol–water partition coefficient (Wildman–Crippen LogP) is 1.97. The number of fused-ring (bicyclic) bond motifs is 2. The number of ether oxygens (including phenoxy) is 1. The van der Waals surface area contributed by atoms with Gasteiger partial charge in [0, 0.05) is 13.1 Å². The zero-order valence-corrected chi connectivity index (χ0v) is 10.1. The number of hydrogen-bond donors (Lipinski definition) is 0. The summed E-state index contributed by atoms with van der Waals surface area (Å²) < 4.78 is 5.30. The Morgan fingerprint density at radius 1 is 1.12 bits per heavy atom. The summed E-state index contributed by atoms with van der Waals surface area (Å²) in [6.07, 6.45) is 2.50. The van der Waals surface area contributed by atoms with E-state index in [0.29, 0.717) is 0 Å². The molecule has 1 fully saturated rings. The molecular formula is C14H19NO. The van der Waals surface area contributed by atoms with Gasteiger partial charge in [0.1, 0.15) is 5.75 Å². The highest BCUT2D eigenvalue weighted by atomic mass is 16.5. The Morgan fingerprint density at radius 2 is 1.81 bits per heavy atom. The average molecular weight is 217 g/mol. The zero-order chi connectivity index (χ0) is 11.1. The lowest BCUT2D eigenvalue weighted by molar-refractivity contribution is 0.384. The summed E-state index contributed by atoms with van der Waals surface area (Å²) in [5.74, 6) is 2.75. The smallest absolute Gasteiger partial charge is 0.119 e. The number of nitrogens with zero attached hydrogens (tertiary/aromatic N) is 1. The van der Waals surface area contributed by atoms with Crippen LogP contribution in [0.5, 0.6) is 5.75 Å². The van der Waals surface area contributed by atoms with E-state index in [9.17, 15) is 0 Å². The third-order valence-corrected chi connectivity index (χ3v) is 4.14. The second kappa shape index (κ2) is 3.77. The van der Waals surface area contributed by atoms with Gasteiger partial charge >= 0.3 is 0 Å². The van der Waals surface area contributed by atoms with Crippen LogP contribution in [0.15, 0.2) is 18.2 Å². The first kappa shape index (κ1) is 10.2. The summed E-state index contributed by atoms with van der Waals surface area (Å²) in [5.41, 5.74) is 3.05. The Hall–Kier alpha value is -1.02. The van der Waals surface area contributed by atoms with E-state index >= 15 is 0 Å². The summed E-state index contributed by atoms with van der Waals surface area (Å²) in [4.78, 5) is 2.47. The fraction of sp³-hybridized carbons (Fsp3) is 0.571. The van der Waals surface area contributed by atoms with Crippen LogP contribution in [-0.2, 0) is 12.8 Å². The van der Waals surface area contributed by atoms with Crippen LogP contribution in [0.4, 0.5) is 0 Å². The first-order valence-electron chi connectivity index (χ1n) is 6.10. The molecule has 86 valence electrons. The molecule has 1 aliphatic heterocycles. The van der Waals surface area contributed by atoms with Crippen LogP contribution in [0.1, 0.15) is 11.1 Å². The molecule has 1 saturated heterocycles. The molecule has 0 aromatic heterocycles. The molecule has 1 aliphatic carbocycles. The molecule has 2 aliphatic rings. The topological polar surface area (TPSA) is 12.5 Å². The lowest BCUT2D eigenvalue weighted by Gasteiger charge is -2.27. The van der Waals surface area contributed by atoms with Crippen molar-refractivity contribution in [3.05, 3.63) is 29.3 Å². The molecule has 0 spiro atoms. The maximum absolute atomic E-state index is 5.30. The molecule has 2 nitrogen and oxygen atoms in total. The first-order valence-corrected chi connectivity index (χ1v) is 6.10. The van der Waals surface area contributed by atoms with Gasteiger partial charge in [-0.3, -0.25) is 0 Å². The van der Waals surface area contributed by atoms with Crippen molar-refractivity contribution in [3.63, 3.8) is 0 Å². The van der Waals surface area contributed by atoms with Crippen molar-refractivity contribution in [2.24, 2.45) is 11.8 Å². The van der Waals surface area contributed by atoms with E-state index in [1.165, 1.54) is 37.1 Å². The summed E-state index contributed by atoms with van der Waals surface area (Å²) in [7, 11) is 3.99. The van der Waals surface area contributed by atoms with Gasteiger partial charge in [0.05, 0.1) is 7.11 Å². The van der Waals surface area contributed by atoms with Gasteiger partial charge in [-0.25, -0.2) is 0 Å². The van der Waals surface area contributed by atoms with E-state index in [1.807, 2.05) is 0 Å². The van der Waals surface area contributed by atoms with E-state index in [1.54, 1.807) is 7.11 Å². The second-order valence-corrected chi connectivity index (χ2v) is 5.28. The molecule has 0 radical (unpaired) electrons. The lowest BCUT2D eigenvalue weighted by atomic mass is 9.78. The monoisotopic (exact) mass is 217 g/mol. The van der Waals surface area contributed by atoms with Crippen LogP contribution in [0.2, 0.25) is 0 Å². The van der Waals surface area contributed by atoms with Crippen LogP contribution in [-0.4, -0.2) is 32.1 Å². The van der Waals surface area contributed by atoms with Crippen LogP contribution < -0.4 is 4.74 Å². The molecule has 1 aromatic carbocycles. The van der Waals surface area contributed by atoms with Crippen LogP contribution in [0, 0.1) is 11.8 Å². The predicted molar refractivity (Wildman–Crippen MR) is 64.9 cm³/mol. The van der Waals surface area contributed by atoms with Crippen molar-refractivity contribution in [1.29, 1.82) is 0 Å². The largest absolute Gasteiger partial charge is 0.497 e. The van der Waals surface area contributed by atoms with Gasteiger partial charge in [-0.1, -0.05) is 6.07 Å². The van der Waals surface area contributed by atoms with E-state index in [-0.39, 0.29) is 0 Å². The molecule has 16 heavy (non-hydrogen) atoms. The summed E-state index contributed by atoms with van der Waals surface area (Å²) in [5, 5.41) is 0. The fourth-order valence-electron chi connectivity index (χ4n) is 3.32. The zero-order valence-electron chi connectivity index (χ0n) is 10.1. The van der Waals surface area contributed by atoms with Crippen molar-refractivity contribution < 1.29 is 4.74 Å². The third-order valence-electron chi connectivity index (χ3n) is 4.14. The normalized spacial score (nSPS) is 28.6. The van der Waals surface area contributed by atoms with Gasteiger partial charge in [0.2, 0.25) is 0 Å². The summed E-state index contributed by atoms with van der Waals surface area (Å²) >= 11 is 0. The molecule has 0 saturated carbocycles. The molecule has 2 atom stereocenters. The Labute approximate surface area is 97.2 Å². The van der Waals surface area contributed by atoms with Gasteiger partial charge in [-0.15, -0.1) is 0 Å². The minimum Gasteiger partial charge on any atom is -0.497 e. The van der Waals surface area contributed by atoms with Crippen molar-refractivity contribution in [2.45, 2.75) is 12.8 Å². The minimum atomic E-state index is 0.865. The van der Waals surface area contributed by atoms with Crippen molar-refractivity contribution >= 4 is 0 Å². The van der Waals surface area contributed by atoms with Crippen molar-refractivity contribution in [3.8, 4) is 5.75 Å². The number of methoxy groups -OCH3 is 1. The third kappa shape index (κ3) is 1.61. The molecule has 0 N–H and O–H groups in total. The average Bonchev–Trinajstić information content (AvgIpc) is 2.64. The molecular weight excluding hydrogens is 198 g/mol. The highest BCUT2D eigenvalue weighted by Crippen LogP contribution is 2.36. The van der Waals surface area contributed by atoms with E-state index < -0.39 is 0 Å². The summed E-state index contributed by atoms with van der Waals surface area (Å²) in [6.45, 7) is 2.54. The van der Waals surface area contributed by atoms with Gasteiger partial charge in [-0.05, 0) is 55.0 Å². The SMILES string of the molecule is COc1ccc2c(c1)CC1CN(C)CC1C2. The Kier molecular flexibility index (Phi) is 2.40. The maximum atomic E-state index is 5.30. The number of benzene rings is 1. The number of rotatable bonds is 1. The van der Waals surface area contributed by atoms with Gasteiger partial charge in [0.25, 0.3) is 0 Å². The quantitative estimate of drug-likeness (QED) is 0.713. The Balaban J connectivity index is 1.89. The Morgan fingerprint density at radius 3 is 2.50 bits per heavy atom. The molecule has 1 aromatic rings. The van der Waals surface area contributed by atoms with E-state index in [0.717, 1.165) is 17.6 Å². The van der Waals surface area contributed by atoms with Gasteiger partial charge < -0.3 is 9.64 Å². The second-order valence-electron chi connectivity index (χ2n) is 5.28. The molecule has 2 unspecified atom stereocenters. The number of hydrogen-bond acceptors (Lipinski definition) is 2. The molecule has 2 heteroatoms. The van der Waals surface area contributed by atoms with Gasteiger partial charge in [-0.2, -0.15) is 0 Å². The van der Waals surface area contributed by atoms with Crippen LogP contribution in [0.25, 0.3) is 0 Å². The first-order chi connectivity index (χ1) is 7.76.